The third-order valence-corrected chi connectivity index (χ3v) is 4.78. The summed E-state index contributed by atoms with van der Waals surface area (Å²) in [6.45, 7) is 2.59. The van der Waals surface area contributed by atoms with Crippen LogP contribution in [0.25, 0.3) is 0 Å². The van der Waals surface area contributed by atoms with E-state index in [0.29, 0.717) is 13.1 Å². The van der Waals surface area contributed by atoms with Gasteiger partial charge in [0.25, 0.3) is 0 Å². The zero-order valence-electron chi connectivity index (χ0n) is 12.9. The van der Waals surface area contributed by atoms with Gasteiger partial charge in [-0.1, -0.05) is 19.3 Å². The van der Waals surface area contributed by atoms with E-state index >= 15 is 0 Å². The molecular formula is C16H19F3N2O2. The molecule has 4 nitrogen and oxygen atoms in total. The summed E-state index contributed by atoms with van der Waals surface area (Å²) in [7, 11) is 0. The van der Waals surface area contributed by atoms with Crippen molar-refractivity contribution in [1.29, 1.82) is 0 Å². The highest BCUT2D eigenvalue weighted by atomic mass is 19.4. The van der Waals surface area contributed by atoms with Gasteiger partial charge in [-0.25, -0.2) is 9.78 Å². The van der Waals surface area contributed by atoms with Crippen molar-refractivity contribution in [2.75, 3.05) is 13.1 Å². The van der Waals surface area contributed by atoms with Crippen LogP contribution in [0, 0.1) is 12.3 Å². The highest BCUT2D eigenvalue weighted by molar-refractivity contribution is 5.71. The average molecular weight is 328 g/mol. The van der Waals surface area contributed by atoms with E-state index in [0.717, 1.165) is 25.0 Å². The second-order valence-corrected chi connectivity index (χ2v) is 6.56. The molecule has 126 valence electrons. The zero-order valence-corrected chi connectivity index (χ0v) is 12.9. The van der Waals surface area contributed by atoms with Gasteiger partial charge in [0.15, 0.2) is 0 Å². The Morgan fingerprint density at radius 2 is 1.87 bits per heavy atom. The summed E-state index contributed by atoms with van der Waals surface area (Å²) in [5.74, 6) is -0.0925. The Morgan fingerprint density at radius 1 is 1.22 bits per heavy atom. The number of nitrogens with zero attached hydrogens (tertiary/aromatic N) is 2. The van der Waals surface area contributed by atoms with Crippen LogP contribution in [0.4, 0.5) is 18.0 Å². The number of hydrogen-bond donors (Lipinski definition) is 0. The fourth-order valence-electron chi connectivity index (χ4n) is 3.56. The predicted octanol–water partition coefficient (Wildman–Crippen LogP) is 4.17. The van der Waals surface area contributed by atoms with E-state index in [1.807, 2.05) is 0 Å². The highest BCUT2D eigenvalue weighted by Crippen LogP contribution is 2.44. The van der Waals surface area contributed by atoms with Crippen molar-refractivity contribution in [1.82, 2.24) is 9.88 Å². The second kappa shape index (κ2) is 5.69. The number of likely N-dealkylation sites (tertiary alicyclic amines) is 1. The minimum Gasteiger partial charge on any atom is -0.391 e. The van der Waals surface area contributed by atoms with Gasteiger partial charge in [-0.05, 0) is 25.8 Å². The molecule has 1 aromatic rings. The lowest BCUT2D eigenvalue weighted by Gasteiger charge is -2.51. The topological polar surface area (TPSA) is 42.4 Å². The summed E-state index contributed by atoms with van der Waals surface area (Å²) in [5, 5.41) is 0. The van der Waals surface area contributed by atoms with Crippen LogP contribution in [0.1, 0.15) is 43.4 Å². The van der Waals surface area contributed by atoms with Crippen molar-refractivity contribution in [3.05, 3.63) is 23.4 Å². The van der Waals surface area contributed by atoms with Gasteiger partial charge >= 0.3 is 12.3 Å². The van der Waals surface area contributed by atoms with E-state index in [2.05, 4.69) is 4.98 Å². The maximum absolute atomic E-state index is 12.7. The minimum absolute atomic E-state index is 0.0925. The second-order valence-electron chi connectivity index (χ2n) is 6.56. The molecule has 0 bridgehead atoms. The van der Waals surface area contributed by atoms with Crippen LogP contribution >= 0.6 is 0 Å². The van der Waals surface area contributed by atoms with Crippen molar-refractivity contribution in [3.63, 3.8) is 0 Å². The van der Waals surface area contributed by atoms with Crippen LogP contribution in [-0.4, -0.2) is 29.1 Å². The monoisotopic (exact) mass is 328 g/mol. The van der Waals surface area contributed by atoms with Crippen molar-refractivity contribution in [2.45, 2.75) is 45.2 Å². The van der Waals surface area contributed by atoms with E-state index in [4.69, 9.17) is 4.74 Å². The molecule has 1 spiro atoms. The first-order valence-corrected chi connectivity index (χ1v) is 7.81. The van der Waals surface area contributed by atoms with Crippen LogP contribution in [0.15, 0.2) is 12.1 Å². The van der Waals surface area contributed by atoms with Gasteiger partial charge < -0.3 is 9.64 Å². The third kappa shape index (κ3) is 3.28. The highest BCUT2D eigenvalue weighted by Gasteiger charge is 2.46. The number of hydrogen-bond acceptors (Lipinski definition) is 3. The Morgan fingerprint density at radius 3 is 2.43 bits per heavy atom. The number of ether oxygens (including phenoxy) is 1. The van der Waals surface area contributed by atoms with Gasteiger partial charge in [0.2, 0.25) is 5.88 Å². The maximum Gasteiger partial charge on any atom is 0.418 e. The van der Waals surface area contributed by atoms with Crippen molar-refractivity contribution in [3.8, 4) is 5.88 Å². The molecule has 1 saturated heterocycles. The Bertz CT molecular complexity index is 602. The number of carbonyl (C=O) groups excluding carboxylic acids is 1. The lowest BCUT2D eigenvalue weighted by atomic mass is 9.69. The van der Waals surface area contributed by atoms with Crippen LogP contribution in [0.2, 0.25) is 0 Å². The third-order valence-electron chi connectivity index (χ3n) is 4.78. The average Bonchev–Trinajstić information content (AvgIpc) is 2.44. The minimum atomic E-state index is -4.45. The molecule has 1 aromatic heterocycles. The summed E-state index contributed by atoms with van der Waals surface area (Å²) in [6.07, 6.45) is 0.923. The fraction of sp³-hybridized carbons (Fsp3) is 0.625. The summed E-state index contributed by atoms with van der Waals surface area (Å²) >= 11 is 0. The molecule has 7 heteroatoms. The molecule has 2 fully saturated rings. The van der Waals surface area contributed by atoms with Crippen LogP contribution < -0.4 is 4.74 Å². The first kappa shape index (κ1) is 16.1. The molecule has 23 heavy (non-hydrogen) atoms. The number of carbonyl (C=O) groups is 1. The van der Waals surface area contributed by atoms with Crippen molar-refractivity contribution in [2.24, 2.45) is 5.41 Å². The lowest BCUT2D eigenvalue weighted by molar-refractivity contribution is -0.138. The van der Waals surface area contributed by atoms with Gasteiger partial charge in [0.1, 0.15) is 0 Å². The SMILES string of the molecule is Cc1nc(OC(=O)N2CC3(CCCCC3)C2)ccc1C(F)(F)F. The van der Waals surface area contributed by atoms with Gasteiger partial charge in [0, 0.05) is 24.6 Å². The summed E-state index contributed by atoms with van der Waals surface area (Å²) in [6, 6.07) is 1.98. The number of rotatable bonds is 1. The molecule has 1 saturated carbocycles. The van der Waals surface area contributed by atoms with Crippen LogP contribution in [0.5, 0.6) is 5.88 Å². The molecule has 0 unspecified atom stereocenters. The maximum atomic E-state index is 12.7. The lowest BCUT2D eigenvalue weighted by Crippen LogP contribution is -2.59. The van der Waals surface area contributed by atoms with Crippen LogP contribution in [0.3, 0.4) is 0 Å². The first-order valence-electron chi connectivity index (χ1n) is 7.81. The quantitative estimate of drug-likeness (QED) is 0.777. The number of aryl methyl sites for hydroxylation is 1. The number of pyridine rings is 1. The van der Waals surface area contributed by atoms with E-state index in [9.17, 15) is 18.0 Å². The standard InChI is InChI=1S/C16H19F3N2O2/c1-11-12(16(17,18)19)5-6-13(20-11)23-14(22)21-9-15(10-21)7-3-2-4-8-15/h5-6H,2-4,7-10H2,1H3. The largest absolute Gasteiger partial charge is 0.418 e. The normalized spacial score (nSPS) is 20.3. The van der Waals surface area contributed by atoms with E-state index in [1.54, 1.807) is 4.90 Å². The zero-order chi connectivity index (χ0) is 16.7. The summed E-state index contributed by atoms with van der Waals surface area (Å²) in [4.78, 5) is 17.4. The Kier molecular flexibility index (Phi) is 3.98. The van der Waals surface area contributed by atoms with Gasteiger partial charge in [-0.3, -0.25) is 0 Å². The molecule has 1 amide bonds. The number of alkyl halides is 3. The molecule has 0 atom stereocenters. The Balaban J connectivity index is 1.60. The molecule has 3 rings (SSSR count). The van der Waals surface area contributed by atoms with Crippen molar-refractivity contribution < 1.29 is 22.7 Å². The Labute approximate surface area is 132 Å². The number of aromatic nitrogens is 1. The molecule has 0 radical (unpaired) electrons. The van der Waals surface area contributed by atoms with Gasteiger partial charge in [-0.2, -0.15) is 13.2 Å². The molecule has 0 N–H and O–H groups in total. The molecule has 1 aliphatic carbocycles. The van der Waals surface area contributed by atoms with Crippen molar-refractivity contribution >= 4 is 6.09 Å². The molecule has 2 aliphatic rings. The van der Waals surface area contributed by atoms with Gasteiger partial charge in [0.05, 0.1) is 11.3 Å². The molecule has 0 aromatic carbocycles. The number of halogens is 3. The predicted molar refractivity (Wildman–Crippen MR) is 77.1 cm³/mol. The summed E-state index contributed by atoms with van der Waals surface area (Å²) < 4.78 is 43.2. The molecule has 1 aliphatic heterocycles. The number of amides is 1. The Hall–Kier alpha value is -1.79. The van der Waals surface area contributed by atoms with Gasteiger partial charge in [-0.15, -0.1) is 0 Å². The first-order chi connectivity index (χ1) is 10.8. The fourth-order valence-corrected chi connectivity index (χ4v) is 3.56. The van der Waals surface area contributed by atoms with E-state index in [-0.39, 0.29) is 17.0 Å². The summed E-state index contributed by atoms with van der Waals surface area (Å²) in [5.41, 5.74) is -0.779. The smallest absolute Gasteiger partial charge is 0.391 e. The molecular weight excluding hydrogens is 309 g/mol. The van der Waals surface area contributed by atoms with E-state index < -0.39 is 17.8 Å². The molecule has 2 heterocycles. The van der Waals surface area contributed by atoms with Crippen LogP contribution in [-0.2, 0) is 6.18 Å². The van der Waals surface area contributed by atoms with E-state index in [1.165, 1.54) is 26.2 Å².